The maximum atomic E-state index is 12.9. The predicted octanol–water partition coefficient (Wildman–Crippen LogP) is 3.99. The van der Waals surface area contributed by atoms with Gasteiger partial charge in [-0.3, -0.25) is 14.2 Å². The molecule has 0 saturated heterocycles. The maximum Gasteiger partial charge on any atom is 0.262 e. The Balaban J connectivity index is 1.45. The van der Waals surface area contributed by atoms with Gasteiger partial charge < -0.3 is 5.32 Å². The molecule has 0 radical (unpaired) electrons. The van der Waals surface area contributed by atoms with Crippen LogP contribution in [-0.2, 0) is 4.79 Å². The van der Waals surface area contributed by atoms with Crippen molar-refractivity contribution in [2.24, 2.45) is 0 Å². The molecule has 5 nitrogen and oxygen atoms in total. The minimum atomic E-state index is -0.344. The Labute approximate surface area is 159 Å². The van der Waals surface area contributed by atoms with Gasteiger partial charge in [0.15, 0.2) is 5.16 Å². The van der Waals surface area contributed by atoms with E-state index in [1.807, 2.05) is 18.2 Å². The average Bonchev–Trinajstić information content (AvgIpc) is 3.49. The number of hydrogen-bond donors (Lipinski definition) is 1. The first-order valence-corrected chi connectivity index (χ1v) is 9.80. The van der Waals surface area contributed by atoms with E-state index in [0.29, 0.717) is 27.5 Å². The van der Waals surface area contributed by atoms with Crippen LogP contribution in [0.3, 0.4) is 0 Å². The van der Waals surface area contributed by atoms with Crippen LogP contribution in [0.2, 0.25) is 0 Å². The molecule has 27 heavy (non-hydrogen) atoms. The van der Waals surface area contributed by atoms with Crippen LogP contribution in [0.15, 0.2) is 58.5 Å². The lowest BCUT2D eigenvalue weighted by atomic mass is 10.2. The second-order valence-corrected chi connectivity index (χ2v) is 7.53. The van der Waals surface area contributed by atoms with E-state index in [9.17, 15) is 14.0 Å². The average molecular weight is 383 g/mol. The van der Waals surface area contributed by atoms with Gasteiger partial charge in [0, 0.05) is 23.9 Å². The summed E-state index contributed by atoms with van der Waals surface area (Å²) in [4.78, 5) is 29.5. The molecule has 7 heteroatoms. The molecule has 1 heterocycles. The lowest BCUT2D eigenvalue weighted by Gasteiger charge is -2.12. The number of carbonyl (C=O) groups is 1. The molecule has 1 fully saturated rings. The van der Waals surface area contributed by atoms with E-state index < -0.39 is 0 Å². The van der Waals surface area contributed by atoms with Gasteiger partial charge >= 0.3 is 0 Å². The maximum absolute atomic E-state index is 12.9. The normalized spacial score (nSPS) is 13.7. The van der Waals surface area contributed by atoms with Crippen molar-refractivity contribution in [3.05, 3.63) is 64.7 Å². The van der Waals surface area contributed by atoms with Gasteiger partial charge in [0.2, 0.25) is 5.91 Å². The molecule has 1 saturated carbocycles. The van der Waals surface area contributed by atoms with Crippen molar-refractivity contribution in [1.82, 2.24) is 9.55 Å². The molecule has 1 amide bonds. The topological polar surface area (TPSA) is 64.0 Å². The Hall–Kier alpha value is -2.67. The molecule has 1 aromatic heterocycles. The third-order valence-corrected chi connectivity index (χ3v) is 5.33. The van der Waals surface area contributed by atoms with E-state index in [4.69, 9.17) is 0 Å². The summed E-state index contributed by atoms with van der Waals surface area (Å²) in [6.45, 7) is 0. The second-order valence-electron chi connectivity index (χ2n) is 6.47. The van der Waals surface area contributed by atoms with Gasteiger partial charge in [-0.15, -0.1) is 0 Å². The van der Waals surface area contributed by atoms with Crippen LogP contribution in [0.5, 0.6) is 0 Å². The predicted molar refractivity (Wildman–Crippen MR) is 105 cm³/mol. The zero-order valence-corrected chi connectivity index (χ0v) is 15.3. The highest BCUT2D eigenvalue weighted by Gasteiger charge is 2.28. The van der Waals surface area contributed by atoms with Crippen molar-refractivity contribution in [3.63, 3.8) is 0 Å². The minimum Gasteiger partial charge on any atom is -0.326 e. The fourth-order valence-electron chi connectivity index (χ4n) is 2.87. The standard InChI is InChI=1S/C20H18FN3O2S/c21-13-5-7-14(8-6-13)22-18(25)11-12-27-20-23-17-4-2-1-3-16(17)19(26)24(20)15-9-10-15/h1-8,15H,9-12H2,(H,22,25). The number of benzene rings is 2. The van der Waals surface area contributed by atoms with Crippen LogP contribution in [0, 0.1) is 5.82 Å². The lowest BCUT2D eigenvalue weighted by molar-refractivity contribution is -0.115. The molecular weight excluding hydrogens is 365 g/mol. The molecule has 0 spiro atoms. The van der Waals surface area contributed by atoms with Crippen molar-refractivity contribution >= 4 is 34.3 Å². The van der Waals surface area contributed by atoms with Crippen LogP contribution in [0.4, 0.5) is 10.1 Å². The number of aromatic nitrogens is 2. The van der Waals surface area contributed by atoms with Crippen LogP contribution in [-0.4, -0.2) is 21.2 Å². The Morgan fingerprint density at radius 1 is 1.19 bits per heavy atom. The van der Waals surface area contributed by atoms with Crippen LogP contribution in [0.1, 0.15) is 25.3 Å². The van der Waals surface area contributed by atoms with Gasteiger partial charge in [-0.1, -0.05) is 23.9 Å². The number of thioether (sulfide) groups is 1. The van der Waals surface area contributed by atoms with E-state index in [1.54, 1.807) is 10.6 Å². The number of carbonyl (C=O) groups excluding carboxylic acids is 1. The van der Waals surface area contributed by atoms with E-state index in [0.717, 1.165) is 12.8 Å². The zero-order chi connectivity index (χ0) is 18.8. The number of nitrogens with zero attached hydrogens (tertiary/aromatic N) is 2. The Bertz CT molecular complexity index is 1050. The fourth-order valence-corrected chi connectivity index (χ4v) is 3.88. The summed E-state index contributed by atoms with van der Waals surface area (Å²) in [6, 6.07) is 13.2. The summed E-state index contributed by atoms with van der Waals surface area (Å²) in [7, 11) is 0. The van der Waals surface area contributed by atoms with E-state index in [1.165, 1.54) is 36.0 Å². The SMILES string of the molecule is O=C(CCSc1nc2ccccc2c(=O)n1C1CC1)Nc1ccc(F)cc1. The monoisotopic (exact) mass is 383 g/mol. The molecule has 0 unspecified atom stereocenters. The summed E-state index contributed by atoms with van der Waals surface area (Å²) in [5.74, 6) is 0.00375. The quantitative estimate of drug-likeness (QED) is 0.516. The summed E-state index contributed by atoms with van der Waals surface area (Å²) in [5.41, 5.74) is 1.23. The molecule has 0 atom stereocenters. The minimum absolute atomic E-state index is 0.0126. The van der Waals surface area contributed by atoms with Crippen molar-refractivity contribution in [2.75, 3.05) is 11.1 Å². The smallest absolute Gasteiger partial charge is 0.262 e. The van der Waals surface area contributed by atoms with Crippen molar-refractivity contribution in [1.29, 1.82) is 0 Å². The molecule has 0 aliphatic heterocycles. The fraction of sp³-hybridized carbons (Fsp3) is 0.250. The number of fused-ring (bicyclic) bond motifs is 1. The number of anilines is 1. The van der Waals surface area contributed by atoms with Gasteiger partial charge in [-0.25, -0.2) is 9.37 Å². The van der Waals surface area contributed by atoms with Gasteiger partial charge in [-0.05, 0) is 49.2 Å². The third kappa shape index (κ3) is 4.03. The zero-order valence-electron chi connectivity index (χ0n) is 14.5. The largest absolute Gasteiger partial charge is 0.326 e. The molecule has 0 bridgehead atoms. The highest BCUT2D eigenvalue weighted by atomic mass is 32.2. The third-order valence-electron chi connectivity index (χ3n) is 4.38. The Morgan fingerprint density at radius 3 is 2.67 bits per heavy atom. The summed E-state index contributed by atoms with van der Waals surface area (Å²) >= 11 is 1.42. The molecule has 4 rings (SSSR count). The summed E-state index contributed by atoms with van der Waals surface area (Å²) in [6.07, 6.45) is 2.24. The van der Waals surface area contributed by atoms with Gasteiger partial charge in [0.1, 0.15) is 5.82 Å². The number of hydrogen-bond acceptors (Lipinski definition) is 4. The molecule has 138 valence electrons. The second kappa shape index (κ2) is 7.52. The number of rotatable bonds is 6. The highest BCUT2D eigenvalue weighted by Crippen LogP contribution is 2.36. The highest BCUT2D eigenvalue weighted by molar-refractivity contribution is 7.99. The lowest BCUT2D eigenvalue weighted by Crippen LogP contribution is -2.22. The Morgan fingerprint density at radius 2 is 1.93 bits per heavy atom. The van der Waals surface area contributed by atoms with Crippen LogP contribution >= 0.6 is 11.8 Å². The van der Waals surface area contributed by atoms with E-state index in [2.05, 4.69) is 10.3 Å². The molecule has 1 aliphatic rings. The van der Waals surface area contributed by atoms with Crippen LogP contribution in [0.25, 0.3) is 10.9 Å². The van der Waals surface area contributed by atoms with E-state index in [-0.39, 0.29) is 29.7 Å². The molecule has 2 aromatic carbocycles. The first-order chi connectivity index (χ1) is 13.1. The molecular formula is C20H18FN3O2S. The van der Waals surface area contributed by atoms with Crippen LogP contribution < -0.4 is 10.9 Å². The number of para-hydroxylation sites is 1. The summed E-state index contributed by atoms with van der Waals surface area (Å²) < 4.78 is 14.7. The van der Waals surface area contributed by atoms with Crippen molar-refractivity contribution in [3.8, 4) is 0 Å². The Kier molecular flexibility index (Phi) is 4.94. The van der Waals surface area contributed by atoms with E-state index >= 15 is 0 Å². The van der Waals surface area contributed by atoms with Gasteiger partial charge in [-0.2, -0.15) is 0 Å². The number of nitrogens with one attached hydrogen (secondary N) is 1. The summed E-state index contributed by atoms with van der Waals surface area (Å²) in [5, 5.41) is 4.03. The number of amides is 1. The first kappa shape index (κ1) is 17.7. The molecule has 1 aliphatic carbocycles. The first-order valence-electron chi connectivity index (χ1n) is 8.81. The number of halogens is 1. The van der Waals surface area contributed by atoms with Crippen molar-refractivity contribution < 1.29 is 9.18 Å². The van der Waals surface area contributed by atoms with Gasteiger partial charge in [0.25, 0.3) is 5.56 Å². The molecule has 1 N–H and O–H groups in total. The van der Waals surface area contributed by atoms with Crippen molar-refractivity contribution in [2.45, 2.75) is 30.5 Å². The molecule has 3 aromatic rings. The van der Waals surface area contributed by atoms with Gasteiger partial charge in [0.05, 0.1) is 10.9 Å².